The van der Waals surface area contributed by atoms with Crippen LogP contribution in [0.5, 0.6) is 0 Å². The summed E-state index contributed by atoms with van der Waals surface area (Å²) in [6, 6.07) is 3.83. The number of rotatable bonds is 5. The van der Waals surface area contributed by atoms with E-state index >= 15 is 0 Å². The molecule has 0 radical (unpaired) electrons. The molecule has 0 atom stereocenters. The molecule has 2 aromatic rings. The molecule has 0 aliphatic rings. The zero-order valence-electron chi connectivity index (χ0n) is 10.4. The Balaban J connectivity index is 1.97. The van der Waals surface area contributed by atoms with E-state index in [0.29, 0.717) is 17.9 Å². The van der Waals surface area contributed by atoms with Crippen molar-refractivity contribution in [1.29, 1.82) is 0 Å². The Labute approximate surface area is 124 Å². The van der Waals surface area contributed by atoms with Gasteiger partial charge in [0.1, 0.15) is 5.82 Å². The number of nitrogens with zero attached hydrogens (tertiary/aromatic N) is 1. The maximum absolute atomic E-state index is 12.1. The maximum atomic E-state index is 12.1. The van der Waals surface area contributed by atoms with Crippen molar-refractivity contribution in [3.05, 3.63) is 44.7 Å². The van der Waals surface area contributed by atoms with E-state index in [2.05, 4.69) is 43.0 Å². The van der Waals surface area contributed by atoms with Crippen LogP contribution in [0.2, 0.25) is 0 Å². The quantitative estimate of drug-likeness (QED) is 0.880. The monoisotopic (exact) mass is 339 g/mol. The smallest absolute Gasteiger partial charge is 0.255 e. The molecule has 0 bridgehead atoms. The van der Waals surface area contributed by atoms with E-state index in [1.54, 1.807) is 30.6 Å². The van der Waals surface area contributed by atoms with Crippen molar-refractivity contribution >= 4 is 39.0 Å². The van der Waals surface area contributed by atoms with Gasteiger partial charge in [0.2, 0.25) is 0 Å². The third-order valence-corrected chi connectivity index (χ3v) is 3.78. The molecule has 0 aromatic carbocycles. The highest BCUT2D eigenvalue weighted by molar-refractivity contribution is 9.10. The fourth-order valence-corrected chi connectivity index (χ4v) is 2.70. The van der Waals surface area contributed by atoms with Crippen LogP contribution in [0.15, 0.2) is 33.6 Å². The number of carbonyl (C=O) groups excluding carboxylic acids is 1. The molecule has 2 N–H and O–H groups in total. The minimum absolute atomic E-state index is 0.117. The molecule has 2 heterocycles. The van der Waals surface area contributed by atoms with Gasteiger partial charge < -0.3 is 10.6 Å². The summed E-state index contributed by atoms with van der Waals surface area (Å²) in [7, 11) is 1.75. The third-order valence-electron chi connectivity index (χ3n) is 2.62. The zero-order valence-corrected chi connectivity index (χ0v) is 12.8. The van der Waals surface area contributed by atoms with Crippen molar-refractivity contribution < 1.29 is 4.79 Å². The van der Waals surface area contributed by atoms with E-state index in [0.717, 1.165) is 10.9 Å². The standard InChI is InChI=1S/C13H14BrN3OS/c1-15-12-11(6-10(14)7-17-12)13(18)16-4-2-9-3-5-19-8-9/h3,5-8H,2,4H2,1H3,(H,15,17)(H,16,18). The molecule has 6 heteroatoms. The van der Waals surface area contributed by atoms with Crippen molar-refractivity contribution in [2.45, 2.75) is 6.42 Å². The average molecular weight is 340 g/mol. The molecule has 0 spiro atoms. The number of anilines is 1. The summed E-state index contributed by atoms with van der Waals surface area (Å²) in [5, 5.41) is 9.95. The number of hydrogen-bond donors (Lipinski definition) is 2. The van der Waals surface area contributed by atoms with Crippen LogP contribution in [-0.2, 0) is 6.42 Å². The lowest BCUT2D eigenvalue weighted by Crippen LogP contribution is -2.26. The van der Waals surface area contributed by atoms with Crippen LogP contribution in [0.3, 0.4) is 0 Å². The molecule has 0 unspecified atom stereocenters. The minimum atomic E-state index is -0.117. The minimum Gasteiger partial charge on any atom is -0.372 e. The van der Waals surface area contributed by atoms with Gasteiger partial charge in [-0.1, -0.05) is 0 Å². The van der Waals surface area contributed by atoms with Crippen LogP contribution >= 0.6 is 27.3 Å². The average Bonchev–Trinajstić information content (AvgIpc) is 2.91. The lowest BCUT2D eigenvalue weighted by molar-refractivity contribution is 0.0954. The number of carbonyl (C=O) groups is 1. The zero-order chi connectivity index (χ0) is 13.7. The highest BCUT2D eigenvalue weighted by Gasteiger charge is 2.12. The van der Waals surface area contributed by atoms with E-state index < -0.39 is 0 Å². The van der Waals surface area contributed by atoms with E-state index in [9.17, 15) is 4.79 Å². The summed E-state index contributed by atoms with van der Waals surface area (Å²) in [6.07, 6.45) is 2.50. The summed E-state index contributed by atoms with van der Waals surface area (Å²) < 4.78 is 0.787. The number of nitrogens with one attached hydrogen (secondary N) is 2. The molecule has 2 aromatic heterocycles. The number of pyridine rings is 1. The largest absolute Gasteiger partial charge is 0.372 e. The summed E-state index contributed by atoms with van der Waals surface area (Å²) in [5.41, 5.74) is 1.79. The summed E-state index contributed by atoms with van der Waals surface area (Å²) in [5.74, 6) is 0.463. The molecule has 0 aliphatic carbocycles. The van der Waals surface area contributed by atoms with Gasteiger partial charge in [0.05, 0.1) is 5.56 Å². The number of thiophene rings is 1. The van der Waals surface area contributed by atoms with Crippen LogP contribution in [0, 0.1) is 0 Å². The fourth-order valence-electron chi connectivity index (χ4n) is 1.66. The molecule has 0 aliphatic heterocycles. The first kappa shape index (κ1) is 14.0. The topological polar surface area (TPSA) is 54.0 Å². The molecule has 0 fully saturated rings. The highest BCUT2D eigenvalue weighted by atomic mass is 79.9. The molecule has 100 valence electrons. The highest BCUT2D eigenvalue weighted by Crippen LogP contribution is 2.17. The Hall–Kier alpha value is -1.40. The normalized spacial score (nSPS) is 10.2. The van der Waals surface area contributed by atoms with Gasteiger partial charge in [0.15, 0.2) is 0 Å². The Morgan fingerprint density at radius 2 is 2.37 bits per heavy atom. The van der Waals surface area contributed by atoms with E-state index in [4.69, 9.17) is 0 Å². The predicted molar refractivity (Wildman–Crippen MR) is 81.8 cm³/mol. The molecular weight excluding hydrogens is 326 g/mol. The molecular formula is C13H14BrN3OS. The van der Waals surface area contributed by atoms with Crippen molar-refractivity contribution in [2.24, 2.45) is 0 Å². The Morgan fingerprint density at radius 3 is 3.05 bits per heavy atom. The van der Waals surface area contributed by atoms with Crippen LogP contribution < -0.4 is 10.6 Å². The van der Waals surface area contributed by atoms with Gasteiger partial charge in [-0.05, 0) is 50.8 Å². The number of amides is 1. The van der Waals surface area contributed by atoms with Crippen LogP contribution in [0.25, 0.3) is 0 Å². The lowest BCUT2D eigenvalue weighted by Gasteiger charge is -2.09. The molecule has 1 amide bonds. The van der Waals surface area contributed by atoms with Gasteiger partial charge in [0.25, 0.3) is 5.91 Å². The van der Waals surface area contributed by atoms with E-state index in [1.165, 1.54) is 5.56 Å². The van der Waals surface area contributed by atoms with Crippen molar-refractivity contribution in [2.75, 3.05) is 18.9 Å². The third kappa shape index (κ3) is 3.78. The predicted octanol–water partition coefficient (Wildman–Crippen LogP) is 2.92. The van der Waals surface area contributed by atoms with Crippen molar-refractivity contribution in [3.8, 4) is 0 Å². The summed E-state index contributed by atoms with van der Waals surface area (Å²) in [4.78, 5) is 16.3. The van der Waals surface area contributed by atoms with Crippen LogP contribution in [0.4, 0.5) is 5.82 Å². The van der Waals surface area contributed by atoms with Gasteiger partial charge in [-0.3, -0.25) is 4.79 Å². The molecule has 0 saturated carbocycles. The molecule has 4 nitrogen and oxygen atoms in total. The fraction of sp³-hybridized carbons (Fsp3) is 0.231. The van der Waals surface area contributed by atoms with Crippen molar-refractivity contribution in [1.82, 2.24) is 10.3 Å². The van der Waals surface area contributed by atoms with Gasteiger partial charge >= 0.3 is 0 Å². The van der Waals surface area contributed by atoms with Gasteiger partial charge in [-0.25, -0.2) is 4.98 Å². The lowest BCUT2D eigenvalue weighted by atomic mass is 10.2. The molecule has 19 heavy (non-hydrogen) atoms. The first-order valence-corrected chi connectivity index (χ1v) is 7.57. The second-order valence-electron chi connectivity index (χ2n) is 3.94. The second kappa shape index (κ2) is 6.68. The van der Waals surface area contributed by atoms with Gasteiger partial charge in [-0.2, -0.15) is 11.3 Å². The Kier molecular flexibility index (Phi) is 4.93. The van der Waals surface area contributed by atoms with Crippen molar-refractivity contribution in [3.63, 3.8) is 0 Å². The summed E-state index contributed by atoms with van der Waals surface area (Å²) >= 11 is 4.99. The van der Waals surface area contributed by atoms with Crippen LogP contribution in [-0.4, -0.2) is 24.5 Å². The first-order chi connectivity index (χ1) is 9.20. The maximum Gasteiger partial charge on any atom is 0.255 e. The first-order valence-electron chi connectivity index (χ1n) is 5.83. The molecule has 0 saturated heterocycles. The Bertz CT molecular complexity index is 557. The van der Waals surface area contributed by atoms with Gasteiger partial charge in [-0.15, -0.1) is 0 Å². The number of hydrogen-bond acceptors (Lipinski definition) is 4. The SMILES string of the molecule is CNc1ncc(Br)cc1C(=O)NCCc1ccsc1. The second-order valence-corrected chi connectivity index (χ2v) is 5.63. The van der Waals surface area contributed by atoms with Gasteiger partial charge in [0, 0.05) is 24.3 Å². The number of halogens is 1. The Morgan fingerprint density at radius 1 is 1.53 bits per heavy atom. The van der Waals surface area contributed by atoms with Crippen LogP contribution in [0.1, 0.15) is 15.9 Å². The number of aromatic nitrogens is 1. The van der Waals surface area contributed by atoms with E-state index in [-0.39, 0.29) is 5.91 Å². The van der Waals surface area contributed by atoms with E-state index in [1.807, 2.05) is 5.38 Å². The summed E-state index contributed by atoms with van der Waals surface area (Å²) in [6.45, 7) is 0.616. The molecule has 2 rings (SSSR count).